The molecule has 5 heteroatoms. The van der Waals surface area contributed by atoms with Crippen LogP contribution in [0.5, 0.6) is 0 Å². The van der Waals surface area contributed by atoms with Gasteiger partial charge in [0, 0.05) is 11.4 Å². The van der Waals surface area contributed by atoms with E-state index in [1.165, 1.54) is 0 Å². The van der Waals surface area contributed by atoms with E-state index < -0.39 is 17.7 Å². The van der Waals surface area contributed by atoms with Gasteiger partial charge in [-0.15, -0.1) is 0 Å². The Bertz CT molecular complexity index is 515. The first-order valence-corrected chi connectivity index (χ1v) is 6.80. The predicted molar refractivity (Wildman–Crippen MR) is 74.9 cm³/mol. The summed E-state index contributed by atoms with van der Waals surface area (Å²) in [5.41, 5.74) is -0.603. The molecule has 0 spiro atoms. The minimum atomic E-state index is -1.62. The van der Waals surface area contributed by atoms with Gasteiger partial charge in [-0.3, -0.25) is 4.79 Å². The van der Waals surface area contributed by atoms with Crippen molar-refractivity contribution in [3.63, 3.8) is 0 Å². The Balaban J connectivity index is 2.84. The van der Waals surface area contributed by atoms with Crippen molar-refractivity contribution >= 4 is 17.6 Å². The third-order valence-corrected chi connectivity index (χ3v) is 3.32. The lowest BCUT2D eigenvalue weighted by Crippen LogP contribution is -2.27. The molecule has 20 heavy (non-hydrogen) atoms. The molecule has 0 amide bonds. The standard InChI is InChI=1S/C15H17ClFNO2/c1-3-6-13(17)20-14(19)9-15(2,10-18)11-7-4-5-8-12(11)16/h4-5,7-8,13H,3,6,9H2,1-2H3. The summed E-state index contributed by atoms with van der Waals surface area (Å²) in [5, 5.41) is 9.74. The van der Waals surface area contributed by atoms with Crippen LogP contribution in [0, 0.1) is 11.3 Å². The molecular formula is C15H17ClFNO2. The number of carbonyl (C=O) groups is 1. The number of carbonyl (C=O) groups excluding carboxylic acids is 1. The summed E-state index contributed by atoms with van der Waals surface area (Å²) in [7, 11) is 0. The second-order valence-corrected chi connectivity index (χ2v) is 5.20. The molecule has 2 atom stereocenters. The topological polar surface area (TPSA) is 50.1 Å². The number of ether oxygens (including phenoxy) is 1. The van der Waals surface area contributed by atoms with E-state index in [4.69, 9.17) is 11.6 Å². The molecule has 1 aromatic carbocycles. The predicted octanol–water partition coefficient (Wildman–Crippen LogP) is 4.15. The third-order valence-electron chi connectivity index (χ3n) is 2.99. The lowest BCUT2D eigenvalue weighted by molar-refractivity contribution is -0.159. The van der Waals surface area contributed by atoms with Gasteiger partial charge in [-0.2, -0.15) is 5.26 Å². The minimum absolute atomic E-state index is 0.154. The molecule has 0 aliphatic carbocycles. The fraction of sp³-hybridized carbons (Fsp3) is 0.467. The molecule has 108 valence electrons. The molecule has 0 fully saturated rings. The molecule has 0 radical (unpaired) electrons. The van der Waals surface area contributed by atoms with Crippen LogP contribution < -0.4 is 0 Å². The Morgan fingerprint density at radius 3 is 2.75 bits per heavy atom. The first-order valence-electron chi connectivity index (χ1n) is 6.42. The summed E-state index contributed by atoms with van der Waals surface area (Å²) < 4.78 is 17.9. The van der Waals surface area contributed by atoms with Crippen molar-refractivity contribution in [1.82, 2.24) is 0 Å². The minimum Gasteiger partial charge on any atom is -0.431 e. The molecule has 2 unspecified atom stereocenters. The van der Waals surface area contributed by atoms with Gasteiger partial charge < -0.3 is 4.74 Å². The third kappa shape index (κ3) is 4.21. The first-order chi connectivity index (χ1) is 9.42. The van der Waals surface area contributed by atoms with Crippen LogP contribution in [0.15, 0.2) is 24.3 Å². The van der Waals surface area contributed by atoms with E-state index >= 15 is 0 Å². The highest BCUT2D eigenvalue weighted by Gasteiger charge is 2.33. The number of rotatable bonds is 6. The summed E-state index contributed by atoms with van der Waals surface area (Å²) in [6.45, 7) is 3.38. The van der Waals surface area contributed by atoms with Gasteiger partial charge in [-0.05, 0) is 25.0 Å². The number of nitrogens with zero attached hydrogens (tertiary/aromatic N) is 1. The van der Waals surface area contributed by atoms with Gasteiger partial charge in [-0.25, -0.2) is 4.39 Å². The fourth-order valence-electron chi connectivity index (χ4n) is 1.86. The normalized spacial score (nSPS) is 14.9. The van der Waals surface area contributed by atoms with E-state index in [2.05, 4.69) is 10.8 Å². The van der Waals surface area contributed by atoms with E-state index in [1.54, 1.807) is 38.1 Å². The van der Waals surface area contributed by atoms with Crippen molar-refractivity contribution in [3.8, 4) is 6.07 Å². The zero-order valence-corrected chi connectivity index (χ0v) is 12.3. The van der Waals surface area contributed by atoms with Crippen LogP contribution in [0.2, 0.25) is 5.02 Å². The number of alkyl halides is 1. The van der Waals surface area contributed by atoms with Crippen molar-refractivity contribution in [1.29, 1.82) is 5.26 Å². The number of halogens is 2. The molecule has 3 nitrogen and oxygen atoms in total. The Morgan fingerprint density at radius 1 is 1.55 bits per heavy atom. The number of nitriles is 1. The highest BCUT2D eigenvalue weighted by molar-refractivity contribution is 6.31. The SMILES string of the molecule is CCCC(F)OC(=O)CC(C)(C#N)c1ccccc1Cl. The van der Waals surface area contributed by atoms with Crippen LogP contribution in [0.4, 0.5) is 4.39 Å². The summed E-state index contributed by atoms with van der Waals surface area (Å²) in [6.07, 6.45) is -1.13. The van der Waals surface area contributed by atoms with Crippen molar-refractivity contribution in [2.75, 3.05) is 0 Å². The number of benzene rings is 1. The number of esters is 1. The molecule has 1 aromatic rings. The number of hydrogen-bond donors (Lipinski definition) is 0. The Labute approximate surface area is 123 Å². The second kappa shape index (κ2) is 7.25. The van der Waals surface area contributed by atoms with Crippen LogP contribution in [0.3, 0.4) is 0 Å². The monoisotopic (exact) mass is 297 g/mol. The Morgan fingerprint density at radius 2 is 2.20 bits per heavy atom. The molecule has 1 rings (SSSR count). The summed E-state index contributed by atoms with van der Waals surface area (Å²) >= 11 is 6.05. The summed E-state index contributed by atoms with van der Waals surface area (Å²) in [4.78, 5) is 11.7. The van der Waals surface area contributed by atoms with E-state index in [-0.39, 0.29) is 12.8 Å². The van der Waals surface area contributed by atoms with Gasteiger partial charge in [0.25, 0.3) is 0 Å². The van der Waals surface area contributed by atoms with Crippen molar-refractivity contribution in [2.24, 2.45) is 0 Å². The molecule has 0 saturated heterocycles. The Hall–Kier alpha value is -1.60. The average Bonchev–Trinajstić information content (AvgIpc) is 2.38. The van der Waals surface area contributed by atoms with Gasteiger partial charge in [-0.1, -0.05) is 36.7 Å². The maximum absolute atomic E-state index is 13.3. The van der Waals surface area contributed by atoms with Crippen LogP contribution in [0.1, 0.15) is 38.7 Å². The highest BCUT2D eigenvalue weighted by Crippen LogP contribution is 2.33. The van der Waals surface area contributed by atoms with E-state index in [1.807, 2.05) is 0 Å². The zero-order valence-electron chi connectivity index (χ0n) is 11.5. The van der Waals surface area contributed by atoms with E-state index in [0.717, 1.165) is 0 Å². The van der Waals surface area contributed by atoms with Gasteiger partial charge in [0.05, 0.1) is 17.9 Å². The molecule has 0 aromatic heterocycles. The van der Waals surface area contributed by atoms with Crippen LogP contribution in [-0.2, 0) is 14.9 Å². The highest BCUT2D eigenvalue weighted by atomic mass is 35.5. The fourth-order valence-corrected chi connectivity index (χ4v) is 2.21. The average molecular weight is 298 g/mol. The van der Waals surface area contributed by atoms with Gasteiger partial charge in [0.15, 0.2) is 0 Å². The molecule has 0 aliphatic heterocycles. The molecule has 0 N–H and O–H groups in total. The molecule has 0 aliphatic rings. The van der Waals surface area contributed by atoms with Gasteiger partial charge in [0.2, 0.25) is 6.36 Å². The van der Waals surface area contributed by atoms with Crippen molar-refractivity contribution < 1.29 is 13.9 Å². The largest absolute Gasteiger partial charge is 0.431 e. The maximum atomic E-state index is 13.3. The quantitative estimate of drug-likeness (QED) is 0.741. The second-order valence-electron chi connectivity index (χ2n) is 4.79. The molecule has 0 bridgehead atoms. The van der Waals surface area contributed by atoms with Crippen molar-refractivity contribution in [3.05, 3.63) is 34.9 Å². The summed E-state index contributed by atoms with van der Waals surface area (Å²) in [5.74, 6) is -0.741. The van der Waals surface area contributed by atoms with E-state index in [9.17, 15) is 14.4 Å². The maximum Gasteiger partial charge on any atom is 0.310 e. The van der Waals surface area contributed by atoms with Crippen LogP contribution in [-0.4, -0.2) is 12.3 Å². The molecule has 0 saturated carbocycles. The lowest BCUT2D eigenvalue weighted by Gasteiger charge is -2.22. The van der Waals surface area contributed by atoms with E-state index in [0.29, 0.717) is 17.0 Å². The van der Waals surface area contributed by atoms with Gasteiger partial charge >= 0.3 is 5.97 Å². The summed E-state index contributed by atoms with van der Waals surface area (Å²) in [6, 6.07) is 8.86. The first kappa shape index (κ1) is 16.5. The van der Waals surface area contributed by atoms with Gasteiger partial charge in [0.1, 0.15) is 0 Å². The van der Waals surface area contributed by atoms with Crippen molar-refractivity contribution in [2.45, 2.75) is 44.9 Å². The van der Waals surface area contributed by atoms with Crippen LogP contribution in [0.25, 0.3) is 0 Å². The lowest BCUT2D eigenvalue weighted by atomic mass is 9.81. The zero-order chi connectivity index (χ0) is 15.2. The Kier molecular flexibility index (Phi) is 5.97. The number of hydrogen-bond acceptors (Lipinski definition) is 3. The molecule has 0 heterocycles. The van der Waals surface area contributed by atoms with Crippen LogP contribution >= 0.6 is 11.6 Å². The molecular weight excluding hydrogens is 281 g/mol. The smallest absolute Gasteiger partial charge is 0.310 e.